The lowest BCUT2D eigenvalue weighted by atomic mass is 10.1. The molecule has 5 heteroatoms. The van der Waals surface area contributed by atoms with E-state index >= 15 is 0 Å². The van der Waals surface area contributed by atoms with Crippen LogP contribution in [-0.4, -0.2) is 24.9 Å². The van der Waals surface area contributed by atoms with Crippen LogP contribution in [0.5, 0.6) is 0 Å². The minimum atomic E-state index is -0.294. The number of hydrogen-bond donors (Lipinski definition) is 1. The predicted molar refractivity (Wildman–Crippen MR) is 79.8 cm³/mol. The van der Waals surface area contributed by atoms with Gasteiger partial charge in [-0.1, -0.05) is 37.6 Å². The summed E-state index contributed by atoms with van der Waals surface area (Å²) in [6.07, 6.45) is 0.245. The summed E-state index contributed by atoms with van der Waals surface area (Å²) in [5, 5.41) is 3.41. The summed E-state index contributed by atoms with van der Waals surface area (Å²) in [6.45, 7) is 5.11. The molecule has 1 aliphatic rings. The molecule has 1 aromatic carbocycles. The van der Waals surface area contributed by atoms with Crippen LogP contribution in [0, 0.1) is 11.8 Å². The predicted octanol–water partition coefficient (Wildman–Crippen LogP) is 2.47. The largest absolute Gasteiger partial charge is 0.356 e. The van der Waals surface area contributed by atoms with Crippen molar-refractivity contribution >= 4 is 29.1 Å². The van der Waals surface area contributed by atoms with Crippen molar-refractivity contribution in [1.82, 2.24) is 5.32 Å². The molecule has 2 amide bonds. The van der Waals surface area contributed by atoms with Gasteiger partial charge in [-0.3, -0.25) is 9.59 Å². The van der Waals surface area contributed by atoms with Crippen molar-refractivity contribution in [2.75, 3.05) is 18.0 Å². The number of halogens is 1. The number of anilines is 1. The molecule has 0 saturated carbocycles. The number of carbonyl (C=O) groups excluding carboxylic acids is 2. The lowest BCUT2D eigenvalue weighted by Crippen LogP contribution is -2.35. The Kier molecular flexibility index (Phi) is 4.65. The van der Waals surface area contributed by atoms with Crippen molar-refractivity contribution in [3.63, 3.8) is 0 Å². The molecule has 0 aromatic heterocycles. The smallest absolute Gasteiger partial charge is 0.227 e. The lowest BCUT2D eigenvalue weighted by molar-refractivity contribution is -0.126. The van der Waals surface area contributed by atoms with Gasteiger partial charge in [0.05, 0.1) is 16.6 Å². The van der Waals surface area contributed by atoms with Gasteiger partial charge in [0.1, 0.15) is 0 Å². The molecule has 1 aliphatic heterocycles. The average Bonchev–Trinajstić information content (AvgIpc) is 2.78. The van der Waals surface area contributed by atoms with Crippen LogP contribution < -0.4 is 10.2 Å². The van der Waals surface area contributed by atoms with E-state index in [0.29, 0.717) is 29.7 Å². The molecule has 2 rings (SSSR count). The fourth-order valence-electron chi connectivity index (χ4n) is 2.24. The number of amides is 2. The fourth-order valence-corrected chi connectivity index (χ4v) is 2.47. The second-order valence-corrected chi connectivity index (χ2v) is 5.90. The normalized spacial score (nSPS) is 18.7. The van der Waals surface area contributed by atoms with Crippen molar-refractivity contribution in [3.8, 4) is 0 Å². The first-order valence-corrected chi connectivity index (χ1v) is 7.19. The van der Waals surface area contributed by atoms with Gasteiger partial charge >= 0.3 is 0 Å². The number of hydrogen-bond acceptors (Lipinski definition) is 2. The van der Waals surface area contributed by atoms with E-state index in [1.165, 1.54) is 0 Å². The van der Waals surface area contributed by atoms with Gasteiger partial charge < -0.3 is 10.2 Å². The summed E-state index contributed by atoms with van der Waals surface area (Å²) in [6, 6.07) is 7.20. The Morgan fingerprint density at radius 3 is 2.80 bits per heavy atom. The van der Waals surface area contributed by atoms with Gasteiger partial charge in [-0.15, -0.1) is 0 Å². The summed E-state index contributed by atoms with van der Waals surface area (Å²) >= 11 is 6.11. The van der Waals surface area contributed by atoms with Gasteiger partial charge in [-0.25, -0.2) is 0 Å². The van der Waals surface area contributed by atoms with Gasteiger partial charge in [0.25, 0.3) is 0 Å². The maximum atomic E-state index is 12.1. The van der Waals surface area contributed by atoms with Crippen LogP contribution >= 0.6 is 11.6 Å². The Morgan fingerprint density at radius 2 is 2.15 bits per heavy atom. The molecular formula is C15H19ClN2O2. The Bertz CT molecular complexity index is 516. The zero-order valence-electron chi connectivity index (χ0n) is 11.7. The number of nitrogens with one attached hydrogen (secondary N) is 1. The van der Waals surface area contributed by atoms with E-state index in [-0.39, 0.29) is 24.2 Å². The highest BCUT2D eigenvalue weighted by Gasteiger charge is 2.35. The molecule has 4 nitrogen and oxygen atoms in total. The van der Waals surface area contributed by atoms with E-state index in [0.717, 1.165) is 0 Å². The molecule has 0 bridgehead atoms. The first-order chi connectivity index (χ1) is 9.49. The molecule has 0 radical (unpaired) electrons. The molecule has 0 aliphatic carbocycles. The molecule has 1 heterocycles. The molecule has 20 heavy (non-hydrogen) atoms. The Labute approximate surface area is 124 Å². The highest BCUT2D eigenvalue weighted by atomic mass is 35.5. The van der Waals surface area contributed by atoms with Gasteiger partial charge in [0, 0.05) is 19.5 Å². The van der Waals surface area contributed by atoms with E-state index in [4.69, 9.17) is 11.6 Å². The minimum absolute atomic E-state index is 0.0530. The molecule has 1 saturated heterocycles. The van der Waals surface area contributed by atoms with Crippen LogP contribution in [-0.2, 0) is 9.59 Å². The first kappa shape index (κ1) is 14.9. The molecule has 1 aromatic rings. The highest BCUT2D eigenvalue weighted by molar-refractivity contribution is 6.33. The topological polar surface area (TPSA) is 49.4 Å². The third-order valence-electron chi connectivity index (χ3n) is 3.32. The van der Waals surface area contributed by atoms with Crippen molar-refractivity contribution in [2.45, 2.75) is 20.3 Å². The standard InChI is InChI=1S/C15H19ClN2O2/c1-10(2)8-17-15(20)11-7-14(19)18(9-11)13-6-4-3-5-12(13)16/h3-6,10-11H,7-9H2,1-2H3,(H,17,20). The second-order valence-electron chi connectivity index (χ2n) is 5.50. The number of nitrogens with zero attached hydrogens (tertiary/aromatic N) is 1. The molecule has 1 fully saturated rings. The van der Waals surface area contributed by atoms with Crippen LogP contribution in [0.3, 0.4) is 0 Å². The number of benzene rings is 1. The van der Waals surface area contributed by atoms with Crippen molar-refractivity contribution < 1.29 is 9.59 Å². The van der Waals surface area contributed by atoms with Crippen LogP contribution in [0.25, 0.3) is 0 Å². The average molecular weight is 295 g/mol. The van der Waals surface area contributed by atoms with Crippen molar-refractivity contribution in [2.24, 2.45) is 11.8 Å². The van der Waals surface area contributed by atoms with E-state index in [2.05, 4.69) is 5.32 Å². The monoisotopic (exact) mass is 294 g/mol. The summed E-state index contributed by atoms with van der Waals surface area (Å²) in [5.41, 5.74) is 0.679. The van der Waals surface area contributed by atoms with Crippen molar-refractivity contribution in [3.05, 3.63) is 29.3 Å². The maximum Gasteiger partial charge on any atom is 0.227 e. The number of rotatable bonds is 4. The van der Waals surface area contributed by atoms with E-state index in [1.807, 2.05) is 26.0 Å². The van der Waals surface area contributed by atoms with Gasteiger partial charge in [-0.2, -0.15) is 0 Å². The highest BCUT2D eigenvalue weighted by Crippen LogP contribution is 2.30. The molecule has 1 N–H and O–H groups in total. The van der Waals surface area contributed by atoms with Gasteiger partial charge in [0.2, 0.25) is 11.8 Å². The van der Waals surface area contributed by atoms with E-state index in [1.54, 1.807) is 17.0 Å². The van der Waals surface area contributed by atoms with E-state index < -0.39 is 0 Å². The second kappa shape index (κ2) is 6.27. The van der Waals surface area contributed by atoms with Gasteiger partial charge in [0.15, 0.2) is 0 Å². The van der Waals surface area contributed by atoms with Crippen LogP contribution in [0.2, 0.25) is 5.02 Å². The third kappa shape index (κ3) is 3.31. The third-order valence-corrected chi connectivity index (χ3v) is 3.64. The lowest BCUT2D eigenvalue weighted by Gasteiger charge is -2.18. The number of carbonyl (C=O) groups is 2. The molecule has 108 valence electrons. The van der Waals surface area contributed by atoms with Crippen LogP contribution in [0.4, 0.5) is 5.69 Å². The summed E-state index contributed by atoms with van der Waals surface area (Å²) in [4.78, 5) is 25.7. The SMILES string of the molecule is CC(C)CNC(=O)C1CC(=O)N(c2ccccc2Cl)C1. The Hall–Kier alpha value is -1.55. The summed E-state index contributed by atoms with van der Waals surface area (Å²) < 4.78 is 0. The van der Waals surface area contributed by atoms with Crippen LogP contribution in [0.1, 0.15) is 20.3 Å². The molecular weight excluding hydrogens is 276 g/mol. The molecule has 1 unspecified atom stereocenters. The maximum absolute atomic E-state index is 12.1. The summed E-state index contributed by atoms with van der Waals surface area (Å²) in [5.74, 6) is -0.00218. The van der Waals surface area contributed by atoms with E-state index in [9.17, 15) is 9.59 Å². The zero-order valence-corrected chi connectivity index (χ0v) is 12.5. The minimum Gasteiger partial charge on any atom is -0.356 e. The fraction of sp³-hybridized carbons (Fsp3) is 0.467. The Balaban J connectivity index is 2.04. The molecule has 1 atom stereocenters. The van der Waals surface area contributed by atoms with Crippen molar-refractivity contribution in [1.29, 1.82) is 0 Å². The first-order valence-electron chi connectivity index (χ1n) is 6.81. The van der Waals surface area contributed by atoms with Gasteiger partial charge in [-0.05, 0) is 18.1 Å². The quantitative estimate of drug-likeness (QED) is 0.927. The zero-order chi connectivity index (χ0) is 14.7. The summed E-state index contributed by atoms with van der Waals surface area (Å²) in [7, 11) is 0. The Morgan fingerprint density at radius 1 is 1.45 bits per heavy atom. The number of para-hydroxylation sites is 1. The van der Waals surface area contributed by atoms with Crippen LogP contribution in [0.15, 0.2) is 24.3 Å². The molecule has 0 spiro atoms.